The summed E-state index contributed by atoms with van der Waals surface area (Å²) in [6.07, 6.45) is 3.81. The highest BCUT2D eigenvalue weighted by Gasteiger charge is 2.13. The summed E-state index contributed by atoms with van der Waals surface area (Å²) in [5.41, 5.74) is 4.02. The van der Waals surface area contributed by atoms with E-state index in [1.807, 2.05) is 46.2 Å². The molecule has 2 aromatic heterocycles. The molecule has 24 heavy (non-hydrogen) atoms. The molecule has 0 saturated heterocycles. The summed E-state index contributed by atoms with van der Waals surface area (Å²) < 4.78 is 7.71. The average Bonchev–Trinajstić information content (AvgIpc) is 3.31. The lowest BCUT2D eigenvalue weighted by Crippen LogP contribution is -2.33. The minimum atomic E-state index is 0.306. The van der Waals surface area contributed by atoms with Crippen molar-refractivity contribution in [2.75, 3.05) is 0 Å². The van der Waals surface area contributed by atoms with Crippen LogP contribution in [-0.2, 0) is 13.2 Å². The summed E-state index contributed by atoms with van der Waals surface area (Å²) in [5, 5.41) is 9.85. The molecule has 0 spiro atoms. The zero-order valence-electron chi connectivity index (χ0n) is 13.9. The number of thiazole rings is 1. The second-order valence-corrected chi connectivity index (χ2v) is 6.53. The van der Waals surface area contributed by atoms with Crippen molar-refractivity contribution in [1.29, 1.82) is 0 Å². The van der Waals surface area contributed by atoms with Gasteiger partial charge < -0.3 is 10.1 Å². The van der Waals surface area contributed by atoms with Gasteiger partial charge in [0.1, 0.15) is 12.4 Å². The van der Waals surface area contributed by atoms with Gasteiger partial charge in [-0.2, -0.15) is 5.10 Å². The molecule has 0 aliphatic heterocycles. The first-order valence-electron chi connectivity index (χ1n) is 8.03. The maximum atomic E-state index is 5.73. The van der Waals surface area contributed by atoms with Crippen molar-refractivity contribution in [3.05, 3.63) is 64.9 Å². The van der Waals surface area contributed by atoms with Crippen LogP contribution in [0.25, 0.3) is 0 Å². The van der Waals surface area contributed by atoms with Crippen molar-refractivity contribution in [2.45, 2.75) is 39.1 Å². The van der Waals surface area contributed by atoms with Crippen molar-refractivity contribution in [2.24, 2.45) is 0 Å². The van der Waals surface area contributed by atoms with Gasteiger partial charge in [0.15, 0.2) is 0 Å². The monoisotopic (exact) mass is 342 g/mol. The van der Waals surface area contributed by atoms with Crippen molar-refractivity contribution in [3.8, 4) is 5.75 Å². The third kappa shape index (κ3) is 4.43. The molecule has 6 heteroatoms. The summed E-state index contributed by atoms with van der Waals surface area (Å²) in [4.78, 5) is 4.21. The number of nitrogens with zero attached hydrogens (tertiary/aromatic N) is 3. The van der Waals surface area contributed by atoms with Gasteiger partial charge in [-0.3, -0.25) is 4.68 Å². The molecular formula is C18H22N4OS. The molecule has 2 atom stereocenters. The predicted molar refractivity (Wildman–Crippen MR) is 96.1 cm³/mol. The number of ether oxygens (including phenoxy) is 1. The van der Waals surface area contributed by atoms with Gasteiger partial charge in [-0.25, -0.2) is 4.98 Å². The van der Waals surface area contributed by atoms with Gasteiger partial charge in [0, 0.05) is 30.4 Å². The lowest BCUT2D eigenvalue weighted by molar-refractivity contribution is 0.302. The molecule has 2 heterocycles. The van der Waals surface area contributed by atoms with Crippen LogP contribution in [0.2, 0.25) is 0 Å². The summed E-state index contributed by atoms with van der Waals surface area (Å²) in [5.74, 6) is 0.865. The Morgan fingerprint density at radius 2 is 2.08 bits per heavy atom. The maximum absolute atomic E-state index is 5.73. The van der Waals surface area contributed by atoms with Crippen LogP contribution in [-0.4, -0.2) is 20.8 Å². The highest BCUT2D eigenvalue weighted by Crippen LogP contribution is 2.15. The fourth-order valence-corrected chi connectivity index (χ4v) is 2.91. The second kappa shape index (κ2) is 8.08. The molecule has 0 bridgehead atoms. The molecule has 0 aliphatic carbocycles. The van der Waals surface area contributed by atoms with Crippen molar-refractivity contribution in [1.82, 2.24) is 20.1 Å². The highest BCUT2D eigenvalue weighted by atomic mass is 32.1. The van der Waals surface area contributed by atoms with Crippen LogP contribution in [0.4, 0.5) is 0 Å². The van der Waals surface area contributed by atoms with E-state index in [0.717, 1.165) is 18.0 Å². The Kier molecular flexibility index (Phi) is 5.61. The van der Waals surface area contributed by atoms with Crippen LogP contribution in [0.15, 0.2) is 53.6 Å². The lowest BCUT2D eigenvalue weighted by Gasteiger charge is -2.22. The third-order valence-corrected chi connectivity index (χ3v) is 4.72. The van der Waals surface area contributed by atoms with Crippen LogP contribution < -0.4 is 10.1 Å². The molecule has 1 aromatic carbocycles. The zero-order valence-corrected chi connectivity index (χ0v) is 14.7. The van der Waals surface area contributed by atoms with Gasteiger partial charge in [-0.15, -0.1) is 11.3 Å². The van der Waals surface area contributed by atoms with E-state index in [1.165, 1.54) is 5.56 Å². The van der Waals surface area contributed by atoms with E-state index in [2.05, 4.69) is 41.4 Å². The highest BCUT2D eigenvalue weighted by molar-refractivity contribution is 7.07. The van der Waals surface area contributed by atoms with E-state index in [1.54, 1.807) is 11.3 Å². The largest absolute Gasteiger partial charge is 0.487 e. The fourth-order valence-electron chi connectivity index (χ4n) is 2.37. The molecule has 5 nitrogen and oxygen atoms in total. The van der Waals surface area contributed by atoms with Crippen molar-refractivity contribution in [3.63, 3.8) is 0 Å². The van der Waals surface area contributed by atoms with E-state index in [9.17, 15) is 0 Å². The summed E-state index contributed by atoms with van der Waals surface area (Å²) in [6, 6.07) is 10.8. The Bertz CT molecular complexity index is 710. The number of benzene rings is 1. The summed E-state index contributed by atoms with van der Waals surface area (Å²) in [7, 11) is 0. The first-order valence-corrected chi connectivity index (χ1v) is 8.98. The standard InChI is InChI=1S/C18H22N4OS/c1-14(15(2)22-9-3-8-21-22)19-10-16-4-6-18(7-5-16)23-11-17-12-24-13-20-17/h3-9,12-15,19H,10-11H2,1-2H3. The molecule has 1 N–H and O–H groups in total. The number of nitrogens with one attached hydrogen (secondary N) is 1. The Morgan fingerprint density at radius 3 is 2.75 bits per heavy atom. The topological polar surface area (TPSA) is 52.0 Å². The first kappa shape index (κ1) is 16.7. The van der Waals surface area contributed by atoms with Crippen LogP contribution in [0, 0.1) is 0 Å². The van der Waals surface area contributed by atoms with Gasteiger partial charge in [-0.1, -0.05) is 12.1 Å². The molecule has 0 amide bonds. The smallest absolute Gasteiger partial charge is 0.131 e. The maximum Gasteiger partial charge on any atom is 0.131 e. The van der Waals surface area contributed by atoms with Crippen molar-refractivity contribution >= 4 is 11.3 Å². The van der Waals surface area contributed by atoms with Crippen LogP contribution in [0.1, 0.15) is 31.1 Å². The van der Waals surface area contributed by atoms with Gasteiger partial charge in [0.2, 0.25) is 0 Å². The van der Waals surface area contributed by atoms with E-state index in [0.29, 0.717) is 18.7 Å². The lowest BCUT2D eigenvalue weighted by atomic mass is 10.1. The molecule has 0 aliphatic rings. The third-order valence-electron chi connectivity index (χ3n) is 4.09. The molecular weight excluding hydrogens is 320 g/mol. The SMILES string of the molecule is CC(NCc1ccc(OCc2cscn2)cc1)C(C)n1cccn1. The Hall–Kier alpha value is -2.18. The Balaban J connectivity index is 1.47. The number of aromatic nitrogens is 3. The molecule has 2 unspecified atom stereocenters. The van der Waals surface area contributed by atoms with Gasteiger partial charge in [-0.05, 0) is 37.6 Å². The molecule has 3 rings (SSSR count). The van der Waals surface area contributed by atoms with Gasteiger partial charge in [0.25, 0.3) is 0 Å². The zero-order chi connectivity index (χ0) is 16.8. The van der Waals surface area contributed by atoms with E-state index in [4.69, 9.17) is 4.74 Å². The molecule has 0 radical (unpaired) electrons. The van der Waals surface area contributed by atoms with Crippen molar-refractivity contribution < 1.29 is 4.74 Å². The van der Waals surface area contributed by atoms with Gasteiger partial charge in [0.05, 0.1) is 17.2 Å². The Morgan fingerprint density at radius 1 is 1.25 bits per heavy atom. The van der Waals surface area contributed by atoms with Crippen LogP contribution >= 0.6 is 11.3 Å². The van der Waals surface area contributed by atoms with E-state index in [-0.39, 0.29) is 0 Å². The average molecular weight is 342 g/mol. The molecule has 126 valence electrons. The second-order valence-electron chi connectivity index (χ2n) is 5.81. The number of rotatable bonds is 8. The predicted octanol–water partition coefficient (Wildman–Crippen LogP) is 3.66. The summed E-state index contributed by atoms with van der Waals surface area (Å²) >= 11 is 1.58. The minimum Gasteiger partial charge on any atom is -0.487 e. The molecule has 3 aromatic rings. The number of hydrogen-bond acceptors (Lipinski definition) is 5. The number of hydrogen-bond donors (Lipinski definition) is 1. The first-order chi connectivity index (χ1) is 11.7. The van der Waals surface area contributed by atoms with Crippen LogP contribution in [0.3, 0.4) is 0 Å². The normalized spacial score (nSPS) is 13.6. The van der Waals surface area contributed by atoms with Gasteiger partial charge >= 0.3 is 0 Å². The summed E-state index contributed by atoms with van der Waals surface area (Å²) in [6.45, 7) is 5.68. The molecule has 0 saturated carbocycles. The molecule has 0 fully saturated rings. The quantitative estimate of drug-likeness (QED) is 0.679. The van der Waals surface area contributed by atoms with E-state index < -0.39 is 0 Å². The Labute approximate surface area is 146 Å². The fraction of sp³-hybridized carbons (Fsp3) is 0.333. The van der Waals surface area contributed by atoms with Crippen LogP contribution in [0.5, 0.6) is 5.75 Å². The minimum absolute atomic E-state index is 0.306. The van der Waals surface area contributed by atoms with E-state index >= 15 is 0 Å².